The van der Waals surface area contributed by atoms with Crippen LogP contribution in [0.15, 0.2) is 18.3 Å². The average molecular weight is 223 g/mol. The zero-order valence-corrected chi connectivity index (χ0v) is 9.80. The van der Waals surface area contributed by atoms with Gasteiger partial charge in [0.05, 0.1) is 6.10 Å². The summed E-state index contributed by atoms with van der Waals surface area (Å²) in [6.07, 6.45) is 2.45. The fraction of sp³-hybridized carbons (Fsp3) is 0.500. The predicted molar refractivity (Wildman–Crippen MR) is 60.7 cm³/mol. The number of ether oxygens (including phenoxy) is 1. The molecule has 0 spiro atoms. The molecule has 0 aliphatic carbocycles. The third-order valence-electron chi connectivity index (χ3n) is 2.09. The SMILES string of the molecule is CC(C)CC(C)Oc1ccnc(C(=O)O)c1. The van der Waals surface area contributed by atoms with E-state index < -0.39 is 5.97 Å². The number of aromatic nitrogens is 1. The van der Waals surface area contributed by atoms with Gasteiger partial charge in [0, 0.05) is 12.3 Å². The number of hydrogen-bond donors (Lipinski definition) is 1. The van der Waals surface area contributed by atoms with Crippen molar-refractivity contribution in [2.24, 2.45) is 5.92 Å². The first-order chi connectivity index (χ1) is 7.49. The highest BCUT2D eigenvalue weighted by Gasteiger charge is 2.09. The molecule has 0 aromatic carbocycles. The van der Waals surface area contributed by atoms with Gasteiger partial charge in [-0.25, -0.2) is 9.78 Å². The lowest BCUT2D eigenvalue weighted by Gasteiger charge is -2.16. The van der Waals surface area contributed by atoms with E-state index in [1.807, 2.05) is 6.92 Å². The second-order valence-electron chi connectivity index (χ2n) is 4.24. The van der Waals surface area contributed by atoms with Crippen LogP contribution >= 0.6 is 0 Å². The van der Waals surface area contributed by atoms with E-state index in [2.05, 4.69) is 18.8 Å². The molecule has 0 bridgehead atoms. The van der Waals surface area contributed by atoms with E-state index in [9.17, 15) is 4.79 Å². The maximum atomic E-state index is 10.7. The van der Waals surface area contributed by atoms with Crippen molar-refractivity contribution in [3.05, 3.63) is 24.0 Å². The number of carbonyl (C=O) groups is 1. The third kappa shape index (κ3) is 3.88. The van der Waals surface area contributed by atoms with Crippen LogP contribution in [0, 0.1) is 5.92 Å². The number of carboxylic acids is 1. The van der Waals surface area contributed by atoms with Gasteiger partial charge in [-0.15, -0.1) is 0 Å². The van der Waals surface area contributed by atoms with Gasteiger partial charge in [-0.1, -0.05) is 13.8 Å². The molecule has 0 saturated heterocycles. The normalized spacial score (nSPS) is 12.5. The molecule has 1 rings (SSSR count). The molecule has 0 fully saturated rings. The second-order valence-corrected chi connectivity index (χ2v) is 4.24. The summed E-state index contributed by atoms with van der Waals surface area (Å²) in [5.41, 5.74) is 0.00856. The minimum absolute atomic E-state index is 0.00856. The Morgan fingerprint density at radius 2 is 2.19 bits per heavy atom. The number of rotatable bonds is 5. The number of aromatic carboxylic acids is 1. The Morgan fingerprint density at radius 3 is 2.75 bits per heavy atom. The molecule has 0 aliphatic rings. The Bertz CT molecular complexity index is 363. The standard InChI is InChI=1S/C12H17NO3/c1-8(2)6-9(3)16-10-4-5-13-11(7-10)12(14)15/h4-5,7-9H,6H2,1-3H3,(H,14,15). The van der Waals surface area contributed by atoms with E-state index in [1.165, 1.54) is 12.3 Å². The summed E-state index contributed by atoms with van der Waals surface area (Å²) in [7, 11) is 0. The minimum atomic E-state index is -1.04. The van der Waals surface area contributed by atoms with Crippen molar-refractivity contribution >= 4 is 5.97 Å². The molecular formula is C12H17NO3. The van der Waals surface area contributed by atoms with Crippen LogP contribution in [0.4, 0.5) is 0 Å². The number of hydrogen-bond acceptors (Lipinski definition) is 3. The summed E-state index contributed by atoms with van der Waals surface area (Å²) in [5.74, 6) is 0.0679. The largest absolute Gasteiger partial charge is 0.491 e. The Kier molecular flexibility index (Phi) is 4.28. The van der Waals surface area contributed by atoms with Gasteiger partial charge in [0.2, 0.25) is 0 Å². The van der Waals surface area contributed by atoms with Gasteiger partial charge in [-0.05, 0) is 25.3 Å². The van der Waals surface area contributed by atoms with E-state index in [4.69, 9.17) is 9.84 Å². The van der Waals surface area contributed by atoms with Gasteiger partial charge in [0.15, 0.2) is 5.69 Å². The molecule has 0 aliphatic heterocycles. The van der Waals surface area contributed by atoms with Gasteiger partial charge in [-0.2, -0.15) is 0 Å². The Morgan fingerprint density at radius 1 is 1.50 bits per heavy atom. The van der Waals surface area contributed by atoms with Gasteiger partial charge in [0.25, 0.3) is 0 Å². The smallest absolute Gasteiger partial charge is 0.354 e. The van der Waals surface area contributed by atoms with Crippen molar-refractivity contribution in [2.45, 2.75) is 33.3 Å². The highest BCUT2D eigenvalue weighted by atomic mass is 16.5. The molecule has 1 aromatic rings. The molecule has 1 unspecified atom stereocenters. The van der Waals surface area contributed by atoms with Crippen molar-refractivity contribution in [3.63, 3.8) is 0 Å². The highest BCUT2D eigenvalue weighted by molar-refractivity contribution is 5.85. The topological polar surface area (TPSA) is 59.4 Å². The van der Waals surface area contributed by atoms with Crippen LogP contribution in [0.25, 0.3) is 0 Å². The van der Waals surface area contributed by atoms with Crippen LogP contribution in [0.5, 0.6) is 5.75 Å². The van der Waals surface area contributed by atoms with E-state index in [0.717, 1.165) is 6.42 Å². The third-order valence-corrected chi connectivity index (χ3v) is 2.09. The lowest BCUT2D eigenvalue weighted by molar-refractivity contribution is 0.0689. The van der Waals surface area contributed by atoms with Crippen molar-refractivity contribution in [3.8, 4) is 5.75 Å². The summed E-state index contributed by atoms with van der Waals surface area (Å²) in [4.78, 5) is 14.4. The Labute approximate surface area is 95.3 Å². The summed E-state index contributed by atoms with van der Waals surface area (Å²) in [6, 6.07) is 3.11. The molecular weight excluding hydrogens is 206 g/mol. The molecule has 0 radical (unpaired) electrons. The number of carboxylic acid groups (broad SMARTS) is 1. The monoisotopic (exact) mass is 223 g/mol. The highest BCUT2D eigenvalue weighted by Crippen LogP contribution is 2.16. The molecule has 1 atom stereocenters. The summed E-state index contributed by atoms with van der Waals surface area (Å²) in [6.45, 7) is 6.21. The molecule has 16 heavy (non-hydrogen) atoms. The summed E-state index contributed by atoms with van der Waals surface area (Å²) in [5, 5.41) is 8.77. The van der Waals surface area contributed by atoms with Crippen LogP contribution in [0.3, 0.4) is 0 Å². The molecule has 1 N–H and O–H groups in total. The van der Waals surface area contributed by atoms with E-state index in [1.54, 1.807) is 6.07 Å². The van der Waals surface area contributed by atoms with E-state index in [-0.39, 0.29) is 11.8 Å². The fourth-order valence-corrected chi connectivity index (χ4v) is 1.55. The van der Waals surface area contributed by atoms with Crippen molar-refractivity contribution in [2.75, 3.05) is 0 Å². The average Bonchev–Trinajstić information content (AvgIpc) is 2.16. The summed E-state index contributed by atoms with van der Waals surface area (Å²) >= 11 is 0. The quantitative estimate of drug-likeness (QED) is 0.833. The van der Waals surface area contributed by atoms with Crippen LogP contribution < -0.4 is 4.74 Å². The van der Waals surface area contributed by atoms with Gasteiger partial charge in [0.1, 0.15) is 5.75 Å². The molecule has 1 heterocycles. The first-order valence-electron chi connectivity index (χ1n) is 5.35. The molecule has 1 aromatic heterocycles. The van der Waals surface area contributed by atoms with E-state index in [0.29, 0.717) is 11.7 Å². The van der Waals surface area contributed by atoms with Crippen LogP contribution in [-0.4, -0.2) is 22.2 Å². The maximum absolute atomic E-state index is 10.7. The van der Waals surface area contributed by atoms with Gasteiger partial charge < -0.3 is 9.84 Å². The number of pyridine rings is 1. The van der Waals surface area contributed by atoms with Crippen LogP contribution in [0.2, 0.25) is 0 Å². The predicted octanol–water partition coefficient (Wildman–Crippen LogP) is 2.59. The van der Waals surface area contributed by atoms with Gasteiger partial charge >= 0.3 is 5.97 Å². The lowest BCUT2D eigenvalue weighted by Crippen LogP contribution is -2.14. The fourth-order valence-electron chi connectivity index (χ4n) is 1.55. The Balaban J connectivity index is 2.66. The van der Waals surface area contributed by atoms with Gasteiger partial charge in [-0.3, -0.25) is 0 Å². The molecule has 4 heteroatoms. The maximum Gasteiger partial charge on any atom is 0.354 e. The van der Waals surface area contributed by atoms with Crippen molar-refractivity contribution in [1.29, 1.82) is 0 Å². The van der Waals surface area contributed by atoms with Crippen molar-refractivity contribution < 1.29 is 14.6 Å². The number of nitrogens with zero attached hydrogens (tertiary/aromatic N) is 1. The first kappa shape index (κ1) is 12.5. The van der Waals surface area contributed by atoms with Crippen LogP contribution in [-0.2, 0) is 0 Å². The van der Waals surface area contributed by atoms with Crippen molar-refractivity contribution in [1.82, 2.24) is 4.98 Å². The van der Waals surface area contributed by atoms with E-state index >= 15 is 0 Å². The zero-order chi connectivity index (χ0) is 12.1. The second kappa shape index (κ2) is 5.49. The Hall–Kier alpha value is -1.58. The first-order valence-corrected chi connectivity index (χ1v) is 5.35. The molecule has 0 amide bonds. The molecule has 4 nitrogen and oxygen atoms in total. The minimum Gasteiger partial charge on any atom is -0.491 e. The molecule has 0 saturated carbocycles. The molecule has 88 valence electrons. The summed E-state index contributed by atoms with van der Waals surface area (Å²) < 4.78 is 5.61. The van der Waals surface area contributed by atoms with Crippen LogP contribution in [0.1, 0.15) is 37.7 Å². The zero-order valence-electron chi connectivity index (χ0n) is 9.80. The lowest BCUT2D eigenvalue weighted by atomic mass is 10.1.